The van der Waals surface area contributed by atoms with Gasteiger partial charge in [0.2, 0.25) is 0 Å². The van der Waals surface area contributed by atoms with Gasteiger partial charge in [-0.15, -0.1) is 0 Å². The van der Waals surface area contributed by atoms with E-state index in [0.29, 0.717) is 55.3 Å². The molecule has 1 aliphatic heterocycles. The van der Waals surface area contributed by atoms with Crippen LogP contribution in [0.15, 0.2) is 42.5 Å². The first-order chi connectivity index (χ1) is 12.9. The first-order valence-electron chi connectivity index (χ1n) is 9.06. The van der Waals surface area contributed by atoms with Gasteiger partial charge >= 0.3 is 0 Å². The van der Waals surface area contributed by atoms with Crippen LogP contribution in [-0.2, 0) is 4.74 Å². The van der Waals surface area contributed by atoms with E-state index in [1.54, 1.807) is 41.3 Å². The van der Waals surface area contributed by atoms with Gasteiger partial charge in [-0.05, 0) is 49.7 Å². The number of nitrogens with zero attached hydrogens (tertiary/aromatic N) is 1. The number of carbonyl (C=O) groups excluding carboxylic acids is 1. The Balaban J connectivity index is 1.81. The first kappa shape index (κ1) is 19.3. The van der Waals surface area contributed by atoms with Gasteiger partial charge in [0.15, 0.2) is 0 Å². The monoisotopic (exact) mass is 372 g/mol. The molecule has 144 valence electrons. The molecule has 0 unspecified atom stereocenters. The number of carbonyl (C=O) groups is 1. The molecule has 2 aromatic rings. The molecule has 2 N–H and O–H groups in total. The third-order valence-corrected chi connectivity index (χ3v) is 4.56. The fourth-order valence-electron chi connectivity index (χ4n) is 2.89. The van der Waals surface area contributed by atoms with E-state index >= 15 is 0 Å². The number of ether oxygens (including phenoxy) is 2. The van der Waals surface area contributed by atoms with Gasteiger partial charge in [0.25, 0.3) is 5.91 Å². The zero-order valence-electron chi connectivity index (χ0n) is 15.7. The standard InChI is InChI=1S/C21H25FN2O3/c1-21(2,14-23)27-17-7-8-19(22)18(13-17)15-3-5-16(6-4-15)20(25)24-9-11-26-12-10-24/h3-8,13H,9-12,14,23H2,1-2H3. The molecule has 6 heteroatoms. The molecule has 0 saturated carbocycles. The summed E-state index contributed by atoms with van der Waals surface area (Å²) in [6.07, 6.45) is 0. The Morgan fingerprint density at radius 1 is 1.19 bits per heavy atom. The number of amides is 1. The van der Waals surface area contributed by atoms with Crippen molar-refractivity contribution in [3.63, 3.8) is 0 Å². The minimum absolute atomic E-state index is 0.0351. The fourth-order valence-corrected chi connectivity index (χ4v) is 2.89. The molecule has 5 nitrogen and oxygen atoms in total. The highest BCUT2D eigenvalue weighted by Gasteiger charge is 2.20. The quantitative estimate of drug-likeness (QED) is 0.876. The number of halogens is 1. The van der Waals surface area contributed by atoms with Crippen LogP contribution in [0.25, 0.3) is 11.1 Å². The summed E-state index contributed by atoms with van der Waals surface area (Å²) in [6.45, 7) is 6.39. The molecular weight excluding hydrogens is 347 g/mol. The van der Waals surface area contributed by atoms with Gasteiger partial charge in [-0.1, -0.05) is 12.1 Å². The Bertz CT molecular complexity index is 800. The summed E-state index contributed by atoms with van der Waals surface area (Å²) in [6, 6.07) is 11.6. The van der Waals surface area contributed by atoms with E-state index in [1.165, 1.54) is 6.07 Å². The number of benzene rings is 2. The zero-order chi connectivity index (χ0) is 19.4. The summed E-state index contributed by atoms with van der Waals surface area (Å²) in [7, 11) is 0. The van der Waals surface area contributed by atoms with Crippen molar-refractivity contribution in [3.8, 4) is 16.9 Å². The van der Waals surface area contributed by atoms with Crippen LogP contribution in [-0.4, -0.2) is 49.3 Å². The molecule has 0 bridgehead atoms. The van der Waals surface area contributed by atoms with Crippen LogP contribution in [0.1, 0.15) is 24.2 Å². The smallest absolute Gasteiger partial charge is 0.254 e. The maximum atomic E-state index is 14.4. The van der Waals surface area contributed by atoms with Crippen molar-refractivity contribution in [2.24, 2.45) is 5.73 Å². The molecule has 1 aliphatic rings. The Labute approximate surface area is 158 Å². The van der Waals surface area contributed by atoms with Gasteiger partial charge in [-0.25, -0.2) is 4.39 Å². The number of hydrogen-bond donors (Lipinski definition) is 1. The van der Waals surface area contributed by atoms with Gasteiger partial charge in [-0.3, -0.25) is 4.79 Å². The number of hydrogen-bond acceptors (Lipinski definition) is 4. The summed E-state index contributed by atoms with van der Waals surface area (Å²) in [5, 5.41) is 0. The highest BCUT2D eigenvalue weighted by atomic mass is 19.1. The van der Waals surface area contributed by atoms with Gasteiger partial charge in [0.05, 0.1) is 13.2 Å². The first-order valence-corrected chi connectivity index (χ1v) is 9.06. The van der Waals surface area contributed by atoms with Crippen molar-refractivity contribution in [1.29, 1.82) is 0 Å². The largest absolute Gasteiger partial charge is 0.487 e. The molecule has 2 aromatic carbocycles. The molecule has 1 amide bonds. The van der Waals surface area contributed by atoms with Crippen LogP contribution >= 0.6 is 0 Å². The van der Waals surface area contributed by atoms with Crippen LogP contribution in [0, 0.1) is 5.82 Å². The molecule has 1 heterocycles. The molecule has 0 aliphatic carbocycles. The molecule has 27 heavy (non-hydrogen) atoms. The molecule has 0 spiro atoms. The van der Waals surface area contributed by atoms with E-state index in [4.69, 9.17) is 15.2 Å². The lowest BCUT2D eigenvalue weighted by Gasteiger charge is -2.27. The lowest BCUT2D eigenvalue weighted by atomic mass is 10.0. The highest BCUT2D eigenvalue weighted by Crippen LogP contribution is 2.29. The van der Waals surface area contributed by atoms with E-state index in [1.807, 2.05) is 13.8 Å². The normalized spacial score (nSPS) is 14.9. The Morgan fingerprint density at radius 3 is 2.48 bits per heavy atom. The molecular formula is C21H25FN2O3. The topological polar surface area (TPSA) is 64.8 Å². The Kier molecular flexibility index (Phi) is 5.77. The van der Waals surface area contributed by atoms with Gasteiger partial charge in [0, 0.05) is 30.8 Å². The van der Waals surface area contributed by atoms with Crippen LogP contribution in [0.5, 0.6) is 5.75 Å². The minimum atomic E-state index is -0.538. The molecule has 3 rings (SSSR count). The molecule has 0 atom stereocenters. The van der Waals surface area contributed by atoms with Crippen molar-refractivity contribution in [2.45, 2.75) is 19.4 Å². The van der Waals surface area contributed by atoms with Crippen molar-refractivity contribution in [1.82, 2.24) is 4.90 Å². The second-order valence-corrected chi connectivity index (χ2v) is 7.19. The van der Waals surface area contributed by atoms with Crippen molar-refractivity contribution in [3.05, 3.63) is 53.8 Å². The van der Waals surface area contributed by atoms with Gasteiger partial charge in [0.1, 0.15) is 17.2 Å². The summed E-state index contributed by atoms with van der Waals surface area (Å²) in [5.74, 6) is 0.169. The van der Waals surface area contributed by atoms with Gasteiger partial charge in [-0.2, -0.15) is 0 Å². The highest BCUT2D eigenvalue weighted by molar-refractivity contribution is 5.94. The summed E-state index contributed by atoms with van der Waals surface area (Å²) in [5.41, 5.74) is 6.84. The predicted octanol–water partition coefficient (Wildman–Crippen LogP) is 3.08. The van der Waals surface area contributed by atoms with Crippen molar-refractivity contribution in [2.75, 3.05) is 32.8 Å². The van der Waals surface area contributed by atoms with Crippen LogP contribution in [0.3, 0.4) is 0 Å². The zero-order valence-corrected chi connectivity index (χ0v) is 15.7. The summed E-state index contributed by atoms with van der Waals surface area (Å²) < 4.78 is 25.5. The summed E-state index contributed by atoms with van der Waals surface area (Å²) >= 11 is 0. The lowest BCUT2D eigenvalue weighted by molar-refractivity contribution is 0.0303. The Hall–Kier alpha value is -2.44. The maximum absolute atomic E-state index is 14.4. The van der Waals surface area contributed by atoms with Crippen molar-refractivity contribution < 1.29 is 18.7 Å². The SMILES string of the molecule is CC(C)(CN)Oc1ccc(F)c(-c2ccc(C(=O)N3CCOCC3)cc2)c1. The van der Waals surface area contributed by atoms with Crippen LogP contribution in [0.2, 0.25) is 0 Å². The number of nitrogens with two attached hydrogens (primary N) is 1. The van der Waals surface area contributed by atoms with Crippen LogP contribution in [0.4, 0.5) is 4.39 Å². The fraction of sp³-hybridized carbons (Fsp3) is 0.381. The lowest BCUT2D eigenvalue weighted by Crippen LogP contribution is -2.40. The van der Waals surface area contributed by atoms with E-state index in [-0.39, 0.29) is 11.7 Å². The average Bonchev–Trinajstić information content (AvgIpc) is 2.69. The average molecular weight is 372 g/mol. The number of rotatable bonds is 5. The van der Waals surface area contributed by atoms with Gasteiger partial charge < -0.3 is 20.1 Å². The second-order valence-electron chi connectivity index (χ2n) is 7.19. The van der Waals surface area contributed by atoms with E-state index < -0.39 is 5.60 Å². The Morgan fingerprint density at radius 2 is 1.85 bits per heavy atom. The van der Waals surface area contributed by atoms with E-state index in [9.17, 15) is 9.18 Å². The van der Waals surface area contributed by atoms with Crippen LogP contribution < -0.4 is 10.5 Å². The van der Waals surface area contributed by atoms with Crippen molar-refractivity contribution >= 4 is 5.91 Å². The third-order valence-electron chi connectivity index (χ3n) is 4.56. The maximum Gasteiger partial charge on any atom is 0.254 e. The minimum Gasteiger partial charge on any atom is -0.487 e. The predicted molar refractivity (Wildman–Crippen MR) is 102 cm³/mol. The van der Waals surface area contributed by atoms with E-state index in [2.05, 4.69) is 0 Å². The summed E-state index contributed by atoms with van der Waals surface area (Å²) in [4.78, 5) is 14.3. The number of morpholine rings is 1. The molecule has 1 saturated heterocycles. The second kappa shape index (κ2) is 8.06. The molecule has 1 fully saturated rings. The molecule has 0 radical (unpaired) electrons. The van der Waals surface area contributed by atoms with E-state index in [0.717, 1.165) is 0 Å². The molecule has 0 aromatic heterocycles. The third kappa shape index (κ3) is 4.64.